The van der Waals surface area contributed by atoms with Gasteiger partial charge in [-0.05, 0) is 89.5 Å². The lowest BCUT2D eigenvalue weighted by molar-refractivity contribution is -0.384. The molecule has 0 saturated carbocycles. The smallest absolute Gasteiger partial charge is 0.270 e. The van der Waals surface area contributed by atoms with Crippen LogP contribution in [-0.2, 0) is 4.57 Å². The van der Waals surface area contributed by atoms with E-state index in [1.54, 1.807) is 57.2 Å². The van der Waals surface area contributed by atoms with Crippen LogP contribution >= 0.6 is 7.14 Å². The molecule has 0 aromatic heterocycles. The predicted molar refractivity (Wildman–Crippen MR) is 192 cm³/mol. The van der Waals surface area contributed by atoms with Gasteiger partial charge in [-0.25, -0.2) is 0 Å². The van der Waals surface area contributed by atoms with Gasteiger partial charge < -0.3 is 18.8 Å². The molecule has 0 fully saturated rings. The van der Waals surface area contributed by atoms with E-state index >= 15 is 4.57 Å². The molecule has 13 nitrogen and oxygen atoms in total. The number of fused-ring (bicyclic) bond motifs is 3. The van der Waals surface area contributed by atoms with Crippen molar-refractivity contribution in [1.82, 2.24) is 0 Å². The first kappa shape index (κ1) is 33.8. The molecule has 0 aliphatic rings. The van der Waals surface area contributed by atoms with Gasteiger partial charge in [-0.15, -0.1) is 0 Å². The third-order valence-corrected chi connectivity index (χ3v) is 11.6. The maximum absolute atomic E-state index is 17.2. The monoisotopic (exact) mass is 695 g/mol. The Balaban J connectivity index is 1.91. The van der Waals surface area contributed by atoms with Crippen molar-refractivity contribution in [2.75, 3.05) is 19.8 Å². The fourth-order valence-electron chi connectivity index (χ4n) is 6.31. The number of hydrogen-bond donors (Lipinski definition) is 0. The molecule has 0 unspecified atom stereocenters. The third-order valence-electron chi connectivity index (χ3n) is 8.29. The van der Waals surface area contributed by atoms with E-state index in [0.29, 0.717) is 32.3 Å². The van der Waals surface area contributed by atoms with Crippen molar-refractivity contribution >= 4 is 72.4 Å². The number of hydrogen-bond acceptors (Lipinski definition) is 10. The number of non-ortho nitro benzene ring substituents is 3. The highest BCUT2D eigenvalue weighted by molar-refractivity contribution is 7.87. The summed E-state index contributed by atoms with van der Waals surface area (Å²) in [6, 6.07) is 22.4. The second-order valence-corrected chi connectivity index (χ2v) is 13.7. The van der Waals surface area contributed by atoms with Crippen LogP contribution in [0.4, 0.5) is 17.1 Å². The van der Waals surface area contributed by atoms with Gasteiger partial charge in [0.05, 0.1) is 50.5 Å². The summed E-state index contributed by atoms with van der Waals surface area (Å²) >= 11 is 0. The zero-order valence-electron chi connectivity index (χ0n) is 27.2. The van der Waals surface area contributed by atoms with Crippen molar-refractivity contribution in [3.8, 4) is 17.2 Å². The highest BCUT2D eigenvalue weighted by Crippen LogP contribution is 2.55. The summed E-state index contributed by atoms with van der Waals surface area (Å²) in [6.07, 6.45) is 0. The van der Waals surface area contributed by atoms with Gasteiger partial charge in [-0.1, -0.05) is 18.2 Å². The van der Waals surface area contributed by atoms with Gasteiger partial charge in [0.25, 0.3) is 17.1 Å². The Bertz CT molecular complexity index is 2150. The Hall–Kier alpha value is -6.07. The Labute approximate surface area is 284 Å². The second kappa shape index (κ2) is 13.4. The molecular weight excluding hydrogens is 665 g/mol. The molecule has 6 aromatic rings. The van der Waals surface area contributed by atoms with E-state index in [1.165, 1.54) is 54.6 Å². The molecule has 50 heavy (non-hydrogen) atoms. The van der Waals surface area contributed by atoms with Gasteiger partial charge in [-0.3, -0.25) is 30.3 Å². The van der Waals surface area contributed by atoms with Crippen LogP contribution in [0, 0.1) is 30.3 Å². The molecule has 0 aliphatic carbocycles. The first-order valence-corrected chi connectivity index (χ1v) is 17.4. The van der Waals surface area contributed by atoms with E-state index < -0.39 is 21.9 Å². The number of nitro benzene ring substituents is 3. The maximum Gasteiger partial charge on any atom is 0.270 e. The zero-order chi connectivity index (χ0) is 35.7. The highest BCUT2D eigenvalue weighted by atomic mass is 31.2. The van der Waals surface area contributed by atoms with E-state index in [-0.39, 0.29) is 70.0 Å². The zero-order valence-corrected chi connectivity index (χ0v) is 28.0. The molecule has 0 amide bonds. The summed E-state index contributed by atoms with van der Waals surface area (Å²) in [7, 11) is -4.42. The first-order valence-electron chi connectivity index (χ1n) is 15.7. The Kier molecular flexibility index (Phi) is 9.09. The van der Waals surface area contributed by atoms with Gasteiger partial charge in [0, 0.05) is 36.4 Å². The van der Waals surface area contributed by atoms with E-state index in [1.807, 2.05) is 0 Å². The summed E-state index contributed by atoms with van der Waals surface area (Å²) in [5, 5.41) is 38.4. The van der Waals surface area contributed by atoms with Crippen LogP contribution in [-0.4, -0.2) is 34.6 Å². The first-order chi connectivity index (χ1) is 24.0. The lowest BCUT2D eigenvalue weighted by atomic mass is 10.1. The van der Waals surface area contributed by atoms with Crippen LogP contribution < -0.4 is 30.1 Å². The van der Waals surface area contributed by atoms with Crippen LogP contribution in [0.25, 0.3) is 32.3 Å². The quantitative estimate of drug-likeness (QED) is 0.0701. The number of rotatable bonds is 12. The lowest BCUT2D eigenvalue weighted by Gasteiger charge is -2.29. The van der Waals surface area contributed by atoms with E-state index in [4.69, 9.17) is 14.2 Å². The number of ether oxygens (including phenoxy) is 3. The third kappa shape index (κ3) is 5.71. The van der Waals surface area contributed by atoms with Crippen LogP contribution in [0.3, 0.4) is 0 Å². The van der Waals surface area contributed by atoms with Gasteiger partial charge in [0.15, 0.2) is 7.14 Å². The van der Waals surface area contributed by atoms with Crippen LogP contribution in [0.5, 0.6) is 17.2 Å². The molecule has 0 spiro atoms. The SMILES string of the molecule is CCOc1ccc2cc([N+](=O)[O-])ccc2c1P(=O)(c1c(OCC)ccc2cc([N+](=O)[O-])ccc12)c1c(OCC)ccc2cc([N+](=O)[O-])ccc12. The number of benzene rings is 6. The summed E-state index contributed by atoms with van der Waals surface area (Å²) in [6.45, 7) is 5.81. The van der Waals surface area contributed by atoms with Crippen LogP contribution in [0.15, 0.2) is 91.0 Å². The van der Waals surface area contributed by atoms with E-state index in [9.17, 15) is 30.3 Å². The van der Waals surface area contributed by atoms with Crippen molar-refractivity contribution in [2.45, 2.75) is 20.8 Å². The molecule has 6 aromatic carbocycles. The molecule has 0 aliphatic heterocycles. The topological polar surface area (TPSA) is 174 Å². The number of nitro groups is 3. The van der Waals surface area contributed by atoms with Gasteiger partial charge >= 0.3 is 0 Å². The summed E-state index contributed by atoms with van der Waals surface area (Å²) in [4.78, 5) is 33.9. The maximum atomic E-state index is 17.2. The normalized spacial score (nSPS) is 11.5. The van der Waals surface area contributed by atoms with Crippen molar-refractivity contribution < 1.29 is 33.5 Å². The fraction of sp³-hybridized carbons (Fsp3) is 0.167. The molecule has 254 valence electrons. The average Bonchev–Trinajstić information content (AvgIpc) is 3.10. The Morgan fingerprint density at radius 1 is 0.480 bits per heavy atom. The summed E-state index contributed by atoms with van der Waals surface area (Å²) < 4.78 is 35.7. The summed E-state index contributed by atoms with van der Waals surface area (Å²) in [5.41, 5.74) is -0.535. The summed E-state index contributed by atoms with van der Waals surface area (Å²) in [5.74, 6) is 0.666. The molecule has 0 heterocycles. The van der Waals surface area contributed by atoms with Gasteiger partial charge in [0.2, 0.25) is 0 Å². The predicted octanol–water partition coefficient (Wildman–Crippen LogP) is 7.71. The van der Waals surface area contributed by atoms with Crippen molar-refractivity contribution in [2.24, 2.45) is 0 Å². The molecule has 6 rings (SSSR count). The minimum absolute atomic E-state index is 0.172. The van der Waals surface area contributed by atoms with Gasteiger partial charge in [0.1, 0.15) is 17.2 Å². The molecular formula is C36H30N3O10P. The van der Waals surface area contributed by atoms with Crippen molar-refractivity contribution in [1.29, 1.82) is 0 Å². The Morgan fingerprint density at radius 2 is 0.760 bits per heavy atom. The molecule has 0 bridgehead atoms. The average molecular weight is 696 g/mol. The van der Waals surface area contributed by atoms with Crippen molar-refractivity contribution in [3.05, 3.63) is 121 Å². The fourth-order valence-corrected chi connectivity index (χ4v) is 9.96. The van der Waals surface area contributed by atoms with Crippen LogP contribution in [0.1, 0.15) is 20.8 Å². The van der Waals surface area contributed by atoms with E-state index in [0.717, 1.165) is 0 Å². The minimum Gasteiger partial charge on any atom is -0.493 e. The standard InChI is InChI=1S/C36H30N3O10P/c1-4-47-31-16-7-22-19-25(37(40)41)10-13-28(22)34(31)50(46,35-29-14-11-26(38(42)43)20-23(29)8-17-32(35)48-5-2)36-30-15-12-27(39(44)45)21-24(30)9-18-33(36)49-6-3/h7-21H,4-6H2,1-3H3. The largest absolute Gasteiger partial charge is 0.493 e. The van der Waals surface area contributed by atoms with Crippen LogP contribution in [0.2, 0.25) is 0 Å². The second-order valence-electron chi connectivity index (χ2n) is 11.1. The Morgan fingerprint density at radius 3 is 1.00 bits per heavy atom. The molecule has 0 N–H and O–H groups in total. The molecule has 14 heteroatoms. The highest BCUT2D eigenvalue weighted by Gasteiger charge is 2.42. The lowest BCUT2D eigenvalue weighted by Crippen LogP contribution is -2.30. The molecule has 0 saturated heterocycles. The molecule has 0 atom stereocenters. The van der Waals surface area contributed by atoms with Gasteiger partial charge in [-0.2, -0.15) is 0 Å². The molecule has 0 radical (unpaired) electrons. The van der Waals surface area contributed by atoms with E-state index in [2.05, 4.69) is 0 Å². The van der Waals surface area contributed by atoms with Crippen molar-refractivity contribution in [3.63, 3.8) is 0 Å². The number of nitrogens with zero attached hydrogens (tertiary/aromatic N) is 3. The minimum atomic E-state index is -4.42.